The molecular weight excluding hydrogens is 238 g/mol. The second-order valence-corrected chi connectivity index (χ2v) is 5.18. The summed E-state index contributed by atoms with van der Waals surface area (Å²) in [6, 6.07) is 5.94. The molecule has 0 radical (unpaired) electrons. The molecule has 0 saturated heterocycles. The van der Waals surface area contributed by atoms with Gasteiger partial charge in [-0.15, -0.1) is 0 Å². The number of carbonyl (C=O) groups excluding carboxylic acids is 1. The molecule has 1 heterocycles. The number of fused-ring (bicyclic) bond motifs is 2. The van der Waals surface area contributed by atoms with E-state index < -0.39 is 0 Å². The summed E-state index contributed by atoms with van der Waals surface area (Å²) in [5.41, 5.74) is 8.75. The molecule has 1 aromatic rings. The summed E-state index contributed by atoms with van der Waals surface area (Å²) in [5.74, 6) is 1.16. The monoisotopic (exact) mass is 255 g/mol. The number of hydrogen-bond donors (Lipinski definition) is 1. The van der Waals surface area contributed by atoms with Crippen molar-refractivity contribution in [2.24, 2.45) is 11.7 Å². The molecule has 19 heavy (non-hydrogen) atoms. The number of amides is 1. The fraction of sp³-hybridized carbons (Fsp3) is 0.312. The lowest BCUT2D eigenvalue weighted by Crippen LogP contribution is -2.14. The molecule has 1 atom stereocenters. The van der Waals surface area contributed by atoms with Crippen LogP contribution in [0.3, 0.4) is 0 Å². The van der Waals surface area contributed by atoms with Gasteiger partial charge >= 0.3 is 0 Å². The number of allylic oxidation sites excluding steroid dienone is 3. The van der Waals surface area contributed by atoms with Crippen molar-refractivity contribution in [2.45, 2.75) is 19.3 Å². The van der Waals surface area contributed by atoms with Crippen molar-refractivity contribution in [2.75, 3.05) is 6.61 Å². The average Bonchev–Trinajstić information content (AvgIpc) is 2.56. The quantitative estimate of drug-likeness (QED) is 0.880. The van der Waals surface area contributed by atoms with E-state index in [1.807, 2.05) is 12.1 Å². The lowest BCUT2D eigenvalue weighted by atomic mass is 9.86. The van der Waals surface area contributed by atoms with Crippen molar-refractivity contribution in [3.63, 3.8) is 0 Å². The Hall–Kier alpha value is -2.03. The summed E-state index contributed by atoms with van der Waals surface area (Å²) < 4.78 is 5.86. The number of benzene rings is 1. The first-order valence-electron chi connectivity index (χ1n) is 6.61. The zero-order chi connectivity index (χ0) is 13.2. The number of rotatable bonds is 2. The summed E-state index contributed by atoms with van der Waals surface area (Å²) in [7, 11) is 0. The fourth-order valence-electron chi connectivity index (χ4n) is 2.77. The van der Waals surface area contributed by atoms with E-state index in [2.05, 4.69) is 24.3 Å². The second-order valence-electron chi connectivity index (χ2n) is 5.18. The molecule has 1 aromatic carbocycles. The SMILES string of the molecule is NC(=O)Cc1ccc2c(c1)C[C@@H]1CC=CC=C1CO2. The van der Waals surface area contributed by atoms with Gasteiger partial charge in [0.1, 0.15) is 12.4 Å². The highest BCUT2D eigenvalue weighted by molar-refractivity contribution is 5.76. The standard InChI is InChI=1S/C16H17NO2/c17-16(18)8-11-5-6-15-14(7-11)9-12-3-1-2-4-13(12)10-19-15/h1-2,4-7,12H,3,8-10H2,(H2,17,18)/t12-/m0/s1. The van der Waals surface area contributed by atoms with Crippen LogP contribution in [-0.2, 0) is 17.6 Å². The van der Waals surface area contributed by atoms with Crippen LogP contribution in [0.1, 0.15) is 17.5 Å². The number of primary amides is 1. The molecule has 1 amide bonds. The molecule has 3 heteroatoms. The van der Waals surface area contributed by atoms with Gasteiger partial charge in [0, 0.05) is 0 Å². The molecule has 3 nitrogen and oxygen atoms in total. The lowest BCUT2D eigenvalue weighted by molar-refractivity contribution is -0.117. The molecule has 0 fully saturated rings. The van der Waals surface area contributed by atoms with Crippen molar-refractivity contribution >= 4 is 5.91 Å². The van der Waals surface area contributed by atoms with Gasteiger partial charge in [0.2, 0.25) is 5.91 Å². The van der Waals surface area contributed by atoms with E-state index >= 15 is 0 Å². The Morgan fingerprint density at radius 3 is 3.16 bits per heavy atom. The normalized spacial score (nSPS) is 20.6. The van der Waals surface area contributed by atoms with Crippen LogP contribution in [0.4, 0.5) is 0 Å². The van der Waals surface area contributed by atoms with E-state index in [1.165, 1.54) is 11.1 Å². The summed E-state index contributed by atoms with van der Waals surface area (Å²) in [6.07, 6.45) is 8.79. The Labute approximate surface area is 112 Å². The van der Waals surface area contributed by atoms with Gasteiger partial charge in [-0.05, 0) is 41.5 Å². The fourth-order valence-corrected chi connectivity index (χ4v) is 2.77. The van der Waals surface area contributed by atoms with Crippen molar-refractivity contribution in [1.82, 2.24) is 0 Å². The van der Waals surface area contributed by atoms with Gasteiger partial charge in [0.25, 0.3) is 0 Å². The number of hydrogen-bond acceptors (Lipinski definition) is 2. The highest BCUT2D eigenvalue weighted by Crippen LogP contribution is 2.33. The van der Waals surface area contributed by atoms with E-state index in [4.69, 9.17) is 10.5 Å². The topological polar surface area (TPSA) is 52.3 Å². The van der Waals surface area contributed by atoms with E-state index in [0.29, 0.717) is 18.9 Å². The van der Waals surface area contributed by atoms with Gasteiger partial charge in [-0.2, -0.15) is 0 Å². The molecular formula is C16H17NO2. The van der Waals surface area contributed by atoms with E-state index in [-0.39, 0.29) is 5.91 Å². The zero-order valence-corrected chi connectivity index (χ0v) is 10.8. The first-order chi connectivity index (χ1) is 9.22. The Balaban J connectivity index is 1.89. The predicted octanol–water partition coefficient (Wildman–Crippen LogP) is 2.15. The van der Waals surface area contributed by atoms with Crippen molar-refractivity contribution < 1.29 is 9.53 Å². The Morgan fingerprint density at radius 2 is 2.32 bits per heavy atom. The molecule has 1 aliphatic carbocycles. The maximum absolute atomic E-state index is 11.0. The molecule has 0 spiro atoms. The van der Waals surface area contributed by atoms with Crippen LogP contribution >= 0.6 is 0 Å². The number of ether oxygens (including phenoxy) is 1. The van der Waals surface area contributed by atoms with E-state index in [1.54, 1.807) is 0 Å². The molecule has 98 valence electrons. The maximum Gasteiger partial charge on any atom is 0.221 e. The third-order valence-corrected chi connectivity index (χ3v) is 3.76. The molecule has 3 rings (SSSR count). The van der Waals surface area contributed by atoms with Crippen molar-refractivity contribution in [3.05, 3.63) is 53.1 Å². The van der Waals surface area contributed by atoms with Crippen LogP contribution in [0.25, 0.3) is 0 Å². The van der Waals surface area contributed by atoms with Gasteiger partial charge in [-0.25, -0.2) is 0 Å². The minimum atomic E-state index is -0.296. The first kappa shape index (κ1) is 12.0. The van der Waals surface area contributed by atoms with Crippen LogP contribution < -0.4 is 10.5 Å². The van der Waals surface area contributed by atoms with Gasteiger partial charge in [-0.1, -0.05) is 30.4 Å². The highest BCUT2D eigenvalue weighted by atomic mass is 16.5. The van der Waals surface area contributed by atoms with Crippen LogP contribution in [0.2, 0.25) is 0 Å². The minimum absolute atomic E-state index is 0.292. The molecule has 0 aromatic heterocycles. The molecule has 0 bridgehead atoms. The third-order valence-electron chi connectivity index (χ3n) is 3.76. The number of carbonyl (C=O) groups is 1. The van der Waals surface area contributed by atoms with E-state index in [0.717, 1.165) is 24.2 Å². The Morgan fingerprint density at radius 1 is 1.42 bits per heavy atom. The molecule has 2 aliphatic rings. The minimum Gasteiger partial charge on any atom is -0.489 e. The smallest absolute Gasteiger partial charge is 0.221 e. The predicted molar refractivity (Wildman–Crippen MR) is 73.9 cm³/mol. The number of nitrogens with two attached hydrogens (primary N) is 1. The largest absolute Gasteiger partial charge is 0.489 e. The summed E-state index contributed by atoms with van der Waals surface area (Å²) in [4.78, 5) is 11.0. The molecule has 0 saturated carbocycles. The van der Waals surface area contributed by atoms with Gasteiger partial charge in [0.05, 0.1) is 6.42 Å². The second kappa shape index (κ2) is 4.92. The first-order valence-corrected chi connectivity index (χ1v) is 6.61. The van der Waals surface area contributed by atoms with Gasteiger partial charge < -0.3 is 10.5 Å². The van der Waals surface area contributed by atoms with Crippen LogP contribution in [0.5, 0.6) is 5.75 Å². The van der Waals surface area contributed by atoms with E-state index in [9.17, 15) is 4.79 Å². The van der Waals surface area contributed by atoms with Crippen LogP contribution in [-0.4, -0.2) is 12.5 Å². The third kappa shape index (κ3) is 2.55. The van der Waals surface area contributed by atoms with Gasteiger partial charge in [-0.3, -0.25) is 4.79 Å². The van der Waals surface area contributed by atoms with Gasteiger partial charge in [0.15, 0.2) is 0 Å². The summed E-state index contributed by atoms with van der Waals surface area (Å²) in [6.45, 7) is 0.664. The molecule has 1 aliphatic heterocycles. The summed E-state index contributed by atoms with van der Waals surface area (Å²) in [5, 5.41) is 0. The Kier molecular flexibility index (Phi) is 3.11. The molecule has 2 N–H and O–H groups in total. The van der Waals surface area contributed by atoms with Crippen LogP contribution in [0, 0.1) is 5.92 Å². The zero-order valence-electron chi connectivity index (χ0n) is 10.8. The Bertz CT molecular complexity index is 572. The van der Waals surface area contributed by atoms with Crippen molar-refractivity contribution in [1.29, 1.82) is 0 Å². The maximum atomic E-state index is 11.0. The average molecular weight is 255 g/mol. The summed E-state index contributed by atoms with van der Waals surface area (Å²) >= 11 is 0. The van der Waals surface area contributed by atoms with Crippen molar-refractivity contribution in [3.8, 4) is 5.75 Å². The molecule has 0 unspecified atom stereocenters. The van der Waals surface area contributed by atoms with Crippen LogP contribution in [0.15, 0.2) is 42.0 Å². The highest BCUT2D eigenvalue weighted by Gasteiger charge is 2.22. The lowest BCUT2D eigenvalue weighted by Gasteiger charge is -2.17.